The van der Waals surface area contributed by atoms with Gasteiger partial charge in [0, 0.05) is 5.56 Å². The van der Waals surface area contributed by atoms with Crippen molar-refractivity contribution in [1.82, 2.24) is 5.32 Å². The molecular formula is C14H17BrFNO2. The number of amides is 1. The molecule has 104 valence electrons. The molecule has 1 saturated carbocycles. The van der Waals surface area contributed by atoms with E-state index in [9.17, 15) is 14.3 Å². The Hall–Kier alpha value is -0.940. The average molecular weight is 330 g/mol. The maximum Gasteiger partial charge on any atom is 0.251 e. The van der Waals surface area contributed by atoms with Crippen LogP contribution in [0.15, 0.2) is 22.7 Å². The summed E-state index contributed by atoms with van der Waals surface area (Å²) in [4.78, 5) is 12.1. The molecule has 0 aromatic heterocycles. The first kappa shape index (κ1) is 14.5. The lowest BCUT2D eigenvalue weighted by Crippen LogP contribution is -2.42. The molecule has 0 aliphatic heterocycles. The minimum Gasteiger partial charge on any atom is -0.391 e. The van der Waals surface area contributed by atoms with Crippen LogP contribution in [0.3, 0.4) is 0 Å². The number of nitrogens with one attached hydrogen (secondary N) is 1. The molecule has 5 heteroatoms. The van der Waals surface area contributed by atoms with Gasteiger partial charge in [0.15, 0.2) is 0 Å². The Morgan fingerprint density at radius 2 is 2.05 bits per heavy atom. The topological polar surface area (TPSA) is 49.3 Å². The van der Waals surface area contributed by atoms with Crippen molar-refractivity contribution in [3.8, 4) is 0 Å². The maximum atomic E-state index is 13.1. The normalized spacial score (nSPS) is 23.7. The zero-order chi connectivity index (χ0) is 13.8. The van der Waals surface area contributed by atoms with Gasteiger partial charge in [-0.1, -0.05) is 19.3 Å². The molecule has 0 heterocycles. The standard InChI is InChI=1S/C14H17BrFNO2/c15-10-8-9(6-7-11(10)16)14(19)17-12-4-2-1-3-5-13(12)18/h6-8,12-13,18H,1-5H2,(H,17,19). The Balaban J connectivity index is 2.05. The number of aliphatic hydroxyl groups is 1. The summed E-state index contributed by atoms with van der Waals surface area (Å²) in [5.41, 5.74) is 0.393. The SMILES string of the molecule is O=C(NC1CCCCCC1O)c1ccc(F)c(Br)c1. The Bertz CT molecular complexity index is 467. The van der Waals surface area contributed by atoms with Gasteiger partial charge in [-0.3, -0.25) is 4.79 Å². The van der Waals surface area contributed by atoms with Gasteiger partial charge in [0.2, 0.25) is 0 Å². The number of carbonyl (C=O) groups is 1. The van der Waals surface area contributed by atoms with Crippen LogP contribution in [0.4, 0.5) is 4.39 Å². The molecule has 2 unspecified atom stereocenters. The first-order valence-corrected chi connectivity index (χ1v) is 7.31. The van der Waals surface area contributed by atoms with E-state index in [1.807, 2.05) is 0 Å². The fraction of sp³-hybridized carbons (Fsp3) is 0.500. The number of aliphatic hydroxyl groups excluding tert-OH is 1. The number of carbonyl (C=O) groups excluding carboxylic acids is 1. The van der Waals surface area contributed by atoms with Gasteiger partial charge >= 0.3 is 0 Å². The summed E-state index contributed by atoms with van der Waals surface area (Å²) >= 11 is 3.06. The van der Waals surface area contributed by atoms with Gasteiger partial charge in [0.1, 0.15) is 5.82 Å². The molecule has 0 saturated heterocycles. The largest absolute Gasteiger partial charge is 0.391 e. The molecule has 2 rings (SSSR count). The average Bonchev–Trinajstić information content (AvgIpc) is 2.58. The summed E-state index contributed by atoms with van der Waals surface area (Å²) in [6.45, 7) is 0. The third-order valence-electron chi connectivity index (χ3n) is 3.48. The molecule has 0 spiro atoms. The lowest BCUT2D eigenvalue weighted by Gasteiger charge is -2.21. The summed E-state index contributed by atoms with van der Waals surface area (Å²) in [6.07, 6.45) is 4.11. The van der Waals surface area contributed by atoms with E-state index in [1.54, 1.807) is 0 Å². The van der Waals surface area contributed by atoms with Crippen LogP contribution < -0.4 is 5.32 Å². The van der Waals surface area contributed by atoms with Crippen molar-refractivity contribution in [2.45, 2.75) is 44.2 Å². The minimum absolute atomic E-state index is 0.209. The predicted octanol–water partition coefficient (Wildman–Crippen LogP) is 3.01. The van der Waals surface area contributed by atoms with E-state index in [0.717, 1.165) is 32.1 Å². The number of hydrogen-bond acceptors (Lipinski definition) is 2. The highest BCUT2D eigenvalue weighted by molar-refractivity contribution is 9.10. The Morgan fingerprint density at radius 3 is 2.79 bits per heavy atom. The minimum atomic E-state index is -0.490. The molecule has 1 fully saturated rings. The van der Waals surface area contributed by atoms with E-state index in [-0.39, 0.29) is 16.4 Å². The second-order valence-electron chi connectivity index (χ2n) is 4.91. The lowest BCUT2D eigenvalue weighted by molar-refractivity contribution is 0.0818. The third-order valence-corrected chi connectivity index (χ3v) is 4.09. The number of hydrogen-bond donors (Lipinski definition) is 2. The number of rotatable bonds is 2. The highest BCUT2D eigenvalue weighted by atomic mass is 79.9. The van der Waals surface area contributed by atoms with Crippen LogP contribution in [0.1, 0.15) is 42.5 Å². The molecule has 1 aromatic carbocycles. The van der Waals surface area contributed by atoms with Crippen LogP contribution in [0.25, 0.3) is 0 Å². The number of halogens is 2. The maximum absolute atomic E-state index is 13.1. The van der Waals surface area contributed by atoms with Gasteiger partial charge < -0.3 is 10.4 Å². The van der Waals surface area contributed by atoms with Crippen molar-refractivity contribution in [3.05, 3.63) is 34.1 Å². The van der Waals surface area contributed by atoms with Crippen molar-refractivity contribution < 1.29 is 14.3 Å². The zero-order valence-corrected chi connectivity index (χ0v) is 12.1. The molecule has 2 N–H and O–H groups in total. The summed E-state index contributed by atoms with van der Waals surface area (Å²) in [6, 6.07) is 3.94. The van der Waals surface area contributed by atoms with Crippen molar-refractivity contribution >= 4 is 21.8 Å². The van der Waals surface area contributed by atoms with E-state index >= 15 is 0 Å². The van der Waals surface area contributed by atoms with E-state index in [2.05, 4.69) is 21.2 Å². The summed E-state index contributed by atoms with van der Waals surface area (Å²) < 4.78 is 13.4. The molecule has 1 amide bonds. The van der Waals surface area contributed by atoms with E-state index in [4.69, 9.17) is 0 Å². The van der Waals surface area contributed by atoms with Gasteiger partial charge in [0.05, 0.1) is 16.6 Å². The summed E-state index contributed by atoms with van der Waals surface area (Å²) in [5, 5.41) is 12.8. The van der Waals surface area contributed by atoms with Gasteiger partial charge in [0.25, 0.3) is 5.91 Å². The Kier molecular flexibility index (Phi) is 4.93. The van der Waals surface area contributed by atoms with Crippen molar-refractivity contribution in [2.75, 3.05) is 0 Å². The van der Waals surface area contributed by atoms with Gasteiger partial charge in [-0.05, 0) is 47.0 Å². The predicted molar refractivity (Wildman–Crippen MR) is 74.4 cm³/mol. The van der Waals surface area contributed by atoms with Gasteiger partial charge in [-0.2, -0.15) is 0 Å². The monoisotopic (exact) mass is 329 g/mol. The van der Waals surface area contributed by atoms with Crippen molar-refractivity contribution in [1.29, 1.82) is 0 Å². The van der Waals surface area contributed by atoms with Gasteiger partial charge in [-0.25, -0.2) is 4.39 Å². The molecule has 19 heavy (non-hydrogen) atoms. The summed E-state index contributed by atoms with van der Waals surface area (Å²) in [7, 11) is 0. The van der Waals surface area contributed by atoms with E-state index in [1.165, 1.54) is 18.2 Å². The molecule has 1 aliphatic carbocycles. The molecule has 0 bridgehead atoms. The second kappa shape index (κ2) is 6.48. The van der Waals surface area contributed by atoms with E-state index in [0.29, 0.717) is 5.56 Å². The molecular weight excluding hydrogens is 313 g/mol. The Labute approximate surface area is 120 Å². The fourth-order valence-electron chi connectivity index (χ4n) is 2.35. The second-order valence-corrected chi connectivity index (χ2v) is 5.77. The van der Waals surface area contributed by atoms with Crippen LogP contribution in [0, 0.1) is 5.82 Å². The summed E-state index contributed by atoms with van der Waals surface area (Å²) in [5.74, 6) is -0.669. The quantitative estimate of drug-likeness (QED) is 0.819. The van der Waals surface area contributed by atoms with Crippen LogP contribution in [-0.4, -0.2) is 23.2 Å². The van der Waals surface area contributed by atoms with E-state index < -0.39 is 11.9 Å². The molecule has 0 radical (unpaired) electrons. The first-order chi connectivity index (χ1) is 9.08. The molecule has 1 aromatic rings. The van der Waals surface area contributed by atoms with Crippen LogP contribution >= 0.6 is 15.9 Å². The lowest BCUT2D eigenvalue weighted by atomic mass is 10.1. The smallest absolute Gasteiger partial charge is 0.251 e. The number of benzene rings is 1. The van der Waals surface area contributed by atoms with Crippen molar-refractivity contribution in [3.63, 3.8) is 0 Å². The van der Waals surface area contributed by atoms with Crippen molar-refractivity contribution in [2.24, 2.45) is 0 Å². The molecule has 3 nitrogen and oxygen atoms in total. The highest BCUT2D eigenvalue weighted by Crippen LogP contribution is 2.20. The fourth-order valence-corrected chi connectivity index (χ4v) is 2.72. The molecule has 2 atom stereocenters. The van der Waals surface area contributed by atoms with Crippen LogP contribution in [-0.2, 0) is 0 Å². The van der Waals surface area contributed by atoms with Crippen LogP contribution in [0.5, 0.6) is 0 Å². The van der Waals surface area contributed by atoms with Gasteiger partial charge in [-0.15, -0.1) is 0 Å². The molecule has 1 aliphatic rings. The highest BCUT2D eigenvalue weighted by Gasteiger charge is 2.23. The zero-order valence-electron chi connectivity index (χ0n) is 10.5. The Morgan fingerprint density at radius 1 is 1.32 bits per heavy atom. The first-order valence-electron chi connectivity index (χ1n) is 6.52. The third kappa shape index (κ3) is 3.76. The van der Waals surface area contributed by atoms with Crippen LogP contribution in [0.2, 0.25) is 0 Å².